The van der Waals surface area contributed by atoms with Crippen LogP contribution >= 0.6 is 0 Å². The molecule has 1 aliphatic heterocycles. The van der Waals surface area contributed by atoms with Crippen molar-refractivity contribution in [1.29, 1.82) is 0 Å². The molecule has 8 heteroatoms. The van der Waals surface area contributed by atoms with Gasteiger partial charge in [-0.2, -0.15) is 4.80 Å². The maximum Gasteiger partial charge on any atom is 0.246 e. The highest BCUT2D eigenvalue weighted by molar-refractivity contribution is 5.94. The molecule has 1 aliphatic rings. The number of nitrogens with zero attached hydrogens (tertiary/aromatic N) is 5. The fourth-order valence-electron chi connectivity index (χ4n) is 2.10. The zero-order valence-electron chi connectivity index (χ0n) is 11.3. The van der Waals surface area contributed by atoms with Gasteiger partial charge in [0.05, 0.1) is 13.6 Å². The molecule has 1 fully saturated rings. The topological polar surface area (TPSA) is 93.0 Å². The quantitative estimate of drug-likeness (QED) is 0.761. The third kappa shape index (κ3) is 3.27. The molecule has 1 aromatic rings. The van der Waals surface area contributed by atoms with Crippen LogP contribution in [0.3, 0.4) is 0 Å². The van der Waals surface area contributed by atoms with E-state index in [1.165, 1.54) is 9.70 Å². The molecule has 0 saturated carbocycles. The molecule has 104 valence electrons. The van der Waals surface area contributed by atoms with Crippen molar-refractivity contribution in [3.8, 4) is 0 Å². The van der Waals surface area contributed by atoms with Crippen LogP contribution in [-0.4, -0.2) is 49.5 Å². The second-order valence-electron chi connectivity index (χ2n) is 5.14. The average molecular weight is 266 g/mol. The van der Waals surface area contributed by atoms with Crippen molar-refractivity contribution >= 4 is 11.8 Å². The summed E-state index contributed by atoms with van der Waals surface area (Å²) in [6, 6.07) is -0.446. The Morgan fingerprint density at radius 1 is 1.42 bits per heavy atom. The number of rotatable bonds is 4. The standard InChI is InChI=1S/C11H18N6O2/c1-7(2)4-8-11(19)17(6-10(18)12-8)5-9-13-15-16(3)14-9/h7-8H,4-6H2,1-3H3,(H,12,18). The summed E-state index contributed by atoms with van der Waals surface area (Å²) in [5.74, 6) is 0.549. The van der Waals surface area contributed by atoms with Crippen LogP contribution in [0.2, 0.25) is 0 Å². The minimum Gasteiger partial charge on any atom is -0.343 e. The Balaban J connectivity index is 2.06. The first kappa shape index (κ1) is 13.4. The largest absolute Gasteiger partial charge is 0.343 e. The molecule has 1 aromatic heterocycles. The smallest absolute Gasteiger partial charge is 0.246 e. The molecule has 2 rings (SSSR count). The zero-order valence-corrected chi connectivity index (χ0v) is 11.3. The van der Waals surface area contributed by atoms with Gasteiger partial charge in [-0.25, -0.2) is 0 Å². The summed E-state index contributed by atoms with van der Waals surface area (Å²) in [5, 5.41) is 14.3. The molecule has 8 nitrogen and oxygen atoms in total. The summed E-state index contributed by atoms with van der Waals surface area (Å²) in [7, 11) is 1.66. The Hall–Kier alpha value is -1.99. The van der Waals surface area contributed by atoms with E-state index in [0.717, 1.165) is 0 Å². The van der Waals surface area contributed by atoms with Crippen molar-refractivity contribution < 1.29 is 9.59 Å². The van der Waals surface area contributed by atoms with Crippen LogP contribution in [0.1, 0.15) is 26.1 Å². The highest BCUT2D eigenvalue weighted by atomic mass is 16.2. The predicted octanol–water partition coefficient (Wildman–Crippen LogP) is -0.917. The lowest BCUT2D eigenvalue weighted by molar-refractivity contribution is -0.145. The first-order chi connectivity index (χ1) is 8.95. The van der Waals surface area contributed by atoms with Crippen molar-refractivity contribution in [2.24, 2.45) is 13.0 Å². The third-order valence-electron chi connectivity index (χ3n) is 2.87. The first-order valence-corrected chi connectivity index (χ1v) is 6.26. The molecule has 0 radical (unpaired) electrons. The Morgan fingerprint density at radius 3 is 2.74 bits per heavy atom. The van der Waals surface area contributed by atoms with Crippen LogP contribution in [0.4, 0.5) is 0 Å². The molecular weight excluding hydrogens is 248 g/mol. The average Bonchev–Trinajstić information content (AvgIpc) is 2.70. The normalized spacial score (nSPS) is 20.0. The van der Waals surface area contributed by atoms with Gasteiger partial charge < -0.3 is 10.2 Å². The van der Waals surface area contributed by atoms with Gasteiger partial charge in [-0.1, -0.05) is 13.8 Å². The molecular formula is C11H18N6O2. The maximum atomic E-state index is 12.2. The highest BCUT2D eigenvalue weighted by Crippen LogP contribution is 2.12. The number of tetrazole rings is 1. The molecule has 1 saturated heterocycles. The van der Waals surface area contributed by atoms with E-state index in [1.54, 1.807) is 7.05 Å². The number of hydrogen-bond donors (Lipinski definition) is 1. The molecule has 0 aromatic carbocycles. The number of aryl methyl sites for hydroxylation is 1. The van der Waals surface area contributed by atoms with E-state index in [2.05, 4.69) is 20.7 Å². The van der Waals surface area contributed by atoms with Gasteiger partial charge in [-0.05, 0) is 17.6 Å². The van der Waals surface area contributed by atoms with Crippen LogP contribution in [0.15, 0.2) is 0 Å². The van der Waals surface area contributed by atoms with Gasteiger partial charge in [0.1, 0.15) is 12.6 Å². The van der Waals surface area contributed by atoms with Crippen molar-refractivity contribution in [2.75, 3.05) is 6.54 Å². The summed E-state index contributed by atoms with van der Waals surface area (Å²) in [5.41, 5.74) is 0. The van der Waals surface area contributed by atoms with Crippen LogP contribution in [0, 0.1) is 5.92 Å². The van der Waals surface area contributed by atoms with Gasteiger partial charge >= 0.3 is 0 Å². The zero-order chi connectivity index (χ0) is 14.0. The Morgan fingerprint density at radius 2 is 2.16 bits per heavy atom. The van der Waals surface area contributed by atoms with Crippen molar-refractivity contribution in [1.82, 2.24) is 30.4 Å². The molecule has 2 heterocycles. The number of aromatic nitrogens is 4. The second-order valence-corrected chi connectivity index (χ2v) is 5.14. The van der Waals surface area contributed by atoms with E-state index < -0.39 is 6.04 Å². The first-order valence-electron chi connectivity index (χ1n) is 6.26. The van der Waals surface area contributed by atoms with Gasteiger partial charge in [-0.15, -0.1) is 10.2 Å². The van der Waals surface area contributed by atoms with Gasteiger partial charge in [0.25, 0.3) is 0 Å². The van der Waals surface area contributed by atoms with E-state index in [1.807, 2.05) is 13.8 Å². The number of hydrogen-bond acceptors (Lipinski definition) is 5. The monoisotopic (exact) mass is 266 g/mol. The number of carbonyl (C=O) groups is 2. The third-order valence-corrected chi connectivity index (χ3v) is 2.87. The SMILES string of the molecule is CC(C)CC1NC(=O)CN(Cc2nnn(C)n2)C1=O. The molecule has 1 unspecified atom stereocenters. The van der Waals surface area contributed by atoms with Crippen molar-refractivity contribution in [3.05, 3.63) is 5.82 Å². The molecule has 0 aliphatic carbocycles. The lowest BCUT2D eigenvalue weighted by atomic mass is 10.0. The van der Waals surface area contributed by atoms with E-state index >= 15 is 0 Å². The van der Waals surface area contributed by atoms with Crippen molar-refractivity contribution in [3.63, 3.8) is 0 Å². The number of amides is 2. The predicted molar refractivity (Wildman–Crippen MR) is 65.6 cm³/mol. The minimum absolute atomic E-state index is 0.0473. The summed E-state index contributed by atoms with van der Waals surface area (Å²) >= 11 is 0. The number of nitrogens with one attached hydrogen (secondary N) is 1. The van der Waals surface area contributed by atoms with E-state index in [0.29, 0.717) is 18.2 Å². The fourth-order valence-corrected chi connectivity index (χ4v) is 2.10. The Bertz CT molecular complexity index is 483. The molecule has 1 N–H and O–H groups in total. The maximum absolute atomic E-state index is 12.2. The Kier molecular flexibility index (Phi) is 3.77. The summed E-state index contributed by atoms with van der Waals surface area (Å²) in [6.07, 6.45) is 0.634. The fraction of sp³-hybridized carbons (Fsp3) is 0.727. The van der Waals surface area contributed by atoms with Gasteiger partial charge in [0.2, 0.25) is 11.8 Å². The molecule has 0 spiro atoms. The second kappa shape index (κ2) is 5.33. The van der Waals surface area contributed by atoms with E-state index in [4.69, 9.17) is 0 Å². The Labute approximate surface area is 111 Å². The van der Waals surface area contributed by atoms with E-state index in [9.17, 15) is 9.59 Å². The minimum atomic E-state index is -0.446. The molecule has 1 atom stereocenters. The summed E-state index contributed by atoms with van der Waals surface area (Å²) < 4.78 is 0. The molecule has 2 amide bonds. The van der Waals surface area contributed by atoms with E-state index in [-0.39, 0.29) is 24.9 Å². The molecule has 19 heavy (non-hydrogen) atoms. The lowest BCUT2D eigenvalue weighted by Gasteiger charge is -2.32. The van der Waals surface area contributed by atoms with Gasteiger partial charge in [-0.3, -0.25) is 9.59 Å². The summed E-state index contributed by atoms with van der Waals surface area (Å²) in [4.78, 5) is 26.7. The van der Waals surface area contributed by atoms with Crippen LogP contribution in [-0.2, 0) is 23.2 Å². The number of piperazine rings is 1. The molecule has 0 bridgehead atoms. The van der Waals surface area contributed by atoms with Crippen molar-refractivity contribution in [2.45, 2.75) is 32.9 Å². The summed E-state index contributed by atoms with van der Waals surface area (Å²) in [6.45, 7) is 4.30. The van der Waals surface area contributed by atoms with Crippen LogP contribution < -0.4 is 5.32 Å². The lowest BCUT2D eigenvalue weighted by Crippen LogP contribution is -2.57. The van der Waals surface area contributed by atoms with Gasteiger partial charge in [0, 0.05) is 0 Å². The number of carbonyl (C=O) groups excluding carboxylic acids is 2. The van der Waals surface area contributed by atoms with Crippen LogP contribution in [0.25, 0.3) is 0 Å². The highest BCUT2D eigenvalue weighted by Gasteiger charge is 2.33. The van der Waals surface area contributed by atoms with Crippen LogP contribution in [0.5, 0.6) is 0 Å². The van der Waals surface area contributed by atoms with Gasteiger partial charge in [0.15, 0.2) is 5.82 Å².